The van der Waals surface area contributed by atoms with Crippen molar-refractivity contribution in [2.24, 2.45) is 4.99 Å². The molecule has 3 rings (SSSR count). The van der Waals surface area contributed by atoms with Gasteiger partial charge in [0.05, 0.1) is 5.57 Å². The van der Waals surface area contributed by atoms with Crippen LogP contribution >= 0.6 is 11.6 Å². The fraction of sp³-hybridized carbons (Fsp3) is 0.211. The van der Waals surface area contributed by atoms with Crippen LogP contribution in [-0.4, -0.2) is 29.6 Å². The highest BCUT2D eigenvalue weighted by Gasteiger charge is 2.35. The van der Waals surface area contributed by atoms with Crippen molar-refractivity contribution in [3.05, 3.63) is 76.0 Å². The summed E-state index contributed by atoms with van der Waals surface area (Å²) in [6.07, 6.45) is -3.15. The molecule has 0 radical (unpaired) electrons. The van der Waals surface area contributed by atoms with E-state index in [1.165, 1.54) is 19.2 Å². The zero-order chi connectivity index (χ0) is 21.2. The maximum atomic E-state index is 13.5. The average molecular weight is 428 g/mol. The van der Waals surface area contributed by atoms with Crippen molar-refractivity contribution in [1.29, 1.82) is 0 Å². The quantitative estimate of drug-likeness (QED) is 0.582. The summed E-state index contributed by atoms with van der Waals surface area (Å²) < 4.78 is 55.3. The van der Waals surface area contributed by atoms with Gasteiger partial charge in [-0.2, -0.15) is 13.2 Å². The van der Waals surface area contributed by atoms with E-state index < -0.39 is 30.6 Å². The van der Waals surface area contributed by atoms with Crippen LogP contribution in [0.25, 0.3) is 0 Å². The highest BCUT2D eigenvalue weighted by molar-refractivity contribution is 6.31. The van der Waals surface area contributed by atoms with E-state index in [1.54, 1.807) is 18.2 Å². The highest BCUT2D eigenvalue weighted by Crippen LogP contribution is 2.36. The zero-order valence-corrected chi connectivity index (χ0v) is 15.7. The second-order valence-electron chi connectivity index (χ2n) is 6.12. The summed E-state index contributed by atoms with van der Waals surface area (Å²) in [5, 5.41) is 2.83. The SMILES string of the molecule is CC1=C(C(=O)OCC(F)(F)F)C(c2ccc(F)cc2Cl)N=C(c2ccccn2)N1. The van der Waals surface area contributed by atoms with Crippen LogP contribution in [0, 0.1) is 5.82 Å². The zero-order valence-electron chi connectivity index (χ0n) is 14.9. The van der Waals surface area contributed by atoms with Gasteiger partial charge in [-0.15, -0.1) is 0 Å². The van der Waals surface area contributed by atoms with Gasteiger partial charge in [-0.25, -0.2) is 9.18 Å². The Kier molecular flexibility index (Phi) is 5.88. The Morgan fingerprint density at radius 3 is 2.66 bits per heavy atom. The van der Waals surface area contributed by atoms with E-state index in [2.05, 4.69) is 20.0 Å². The molecule has 0 amide bonds. The predicted octanol–water partition coefficient (Wildman–Crippen LogP) is 4.34. The Bertz CT molecular complexity index is 991. The van der Waals surface area contributed by atoms with Crippen molar-refractivity contribution in [3.8, 4) is 0 Å². The Hall–Kier alpha value is -2.94. The lowest BCUT2D eigenvalue weighted by Crippen LogP contribution is -2.34. The van der Waals surface area contributed by atoms with Crippen LogP contribution in [0.15, 0.2) is 58.9 Å². The third kappa shape index (κ3) is 4.92. The number of ether oxygens (including phenoxy) is 1. The first-order valence-electron chi connectivity index (χ1n) is 8.31. The van der Waals surface area contributed by atoms with Crippen LogP contribution in [0.2, 0.25) is 5.02 Å². The van der Waals surface area contributed by atoms with Crippen molar-refractivity contribution in [3.63, 3.8) is 0 Å². The van der Waals surface area contributed by atoms with Crippen LogP contribution in [-0.2, 0) is 9.53 Å². The first kappa shape index (κ1) is 20.8. The molecule has 1 aromatic carbocycles. The van der Waals surface area contributed by atoms with Gasteiger partial charge < -0.3 is 10.1 Å². The van der Waals surface area contributed by atoms with Gasteiger partial charge in [-0.3, -0.25) is 9.98 Å². The molecule has 152 valence electrons. The topological polar surface area (TPSA) is 63.6 Å². The second kappa shape index (κ2) is 8.20. The van der Waals surface area contributed by atoms with Crippen LogP contribution in [0.1, 0.15) is 24.2 Å². The van der Waals surface area contributed by atoms with Crippen LogP contribution in [0.4, 0.5) is 17.6 Å². The second-order valence-corrected chi connectivity index (χ2v) is 6.52. The molecule has 5 nitrogen and oxygen atoms in total. The lowest BCUT2D eigenvalue weighted by molar-refractivity contribution is -0.183. The summed E-state index contributed by atoms with van der Waals surface area (Å²) in [4.78, 5) is 21.0. The first-order chi connectivity index (χ1) is 13.7. The number of carbonyl (C=O) groups excluding carboxylic acids is 1. The van der Waals surface area contributed by atoms with Gasteiger partial charge in [0.25, 0.3) is 0 Å². The molecular formula is C19H14ClF4N3O2. The molecule has 1 aliphatic rings. The minimum absolute atomic E-state index is 0.0325. The number of aliphatic imine (C=N–C) groups is 1. The van der Waals surface area contributed by atoms with E-state index in [0.717, 1.165) is 12.1 Å². The molecule has 0 spiro atoms. The maximum Gasteiger partial charge on any atom is 0.422 e. The summed E-state index contributed by atoms with van der Waals surface area (Å²) >= 11 is 6.12. The number of halogens is 5. The monoisotopic (exact) mass is 427 g/mol. The molecule has 2 aromatic rings. The lowest BCUT2D eigenvalue weighted by atomic mass is 9.95. The number of pyridine rings is 1. The molecular weight excluding hydrogens is 414 g/mol. The van der Waals surface area contributed by atoms with E-state index in [-0.39, 0.29) is 27.7 Å². The summed E-state index contributed by atoms with van der Waals surface area (Å²) in [6, 6.07) is 7.44. The molecule has 1 aromatic heterocycles. The largest absolute Gasteiger partial charge is 0.453 e. The van der Waals surface area contributed by atoms with E-state index in [1.807, 2.05) is 0 Å². The number of amidine groups is 1. The van der Waals surface area contributed by atoms with Crippen LogP contribution < -0.4 is 5.32 Å². The Morgan fingerprint density at radius 2 is 2.03 bits per heavy atom. The smallest absolute Gasteiger partial charge is 0.422 e. The van der Waals surface area contributed by atoms with Crippen molar-refractivity contribution >= 4 is 23.4 Å². The molecule has 0 bridgehead atoms. The molecule has 1 N–H and O–H groups in total. The van der Waals surface area contributed by atoms with Crippen LogP contribution in [0.5, 0.6) is 0 Å². The summed E-state index contributed by atoms with van der Waals surface area (Å²) in [7, 11) is 0. The fourth-order valence-electron chi connectivity index (χ4n) is 2.75. The van der Waals surface area contributed by atoms with Gasteiger partial charge in [0.1, 0.15) is 17.6 Å². The molecule has 1 unspecified atom stereocenters. The van der Waals surface area contributed by atoms with Gasteiger partial charge in [-0.1, -0.05) is 23.7 Å². The minimum Gasteiger partial charge on any atom is -0.453 e. The maximum absolute atomic E-state index is 13.5. The van der Waals surface area contributed by atoms with Crippen molar-refractivity contribution in [1.82, 2.24) is 10.3 Å². The summed E-state index contributed by atoms with van der Waals surface area (Å²) in [5.41, 5.74) is 0.736. The number of hydrogen-bond donors (Lipinski definition) is 1. The molecule has 0 fully saturated rings. The average Bonchev–Trinajstić information content (AvgIpc) is 2.65. The number of aromatic nitrogens is 1. The number of rotatable bonds is 4. The molecule has 2 heterocycles. The number of benzene rings is 1. The van der Waals surface area contributed by atoms with Crippen molar-refractivity contribution < 1.29 is 27.1 Å². The molecule has 29 heavy (non-hydrogen) atoms. The lowest BCUT2D eigenvalue weighted by Gasteiger charge is -2.26. The standard InChI is InChI=1S/C19H14ClF4N3O2/c1-10-15(18(28)29-9-19(22,23)24)16(12-6-5-11(21)8-13(12)20)27-17(26-10)14-4-2-3-7-25-14/h2-8,16H,9H2,1H3,(H,26,27). The van der Waals surface area contributed by atoms with E-state index in [4.69, 9.17) is 11.6 Å². The normalized spacial score (nSPS) is 16.9. The summed E-state index contributed by atoms with van der Waals surface area (Å²) in [6.45, 7) is -0.254. The molecule has 0 aliphatic carbocycles. The van der Waals surface area contributed by atoms with Gasteiger partial charge in [-0.05, 0) is 31.2 Å². The first-order valence-corrected chi connectivity index (χ1v) is 8.69. The van der Waals surface area contributed by atoms with E-state index >= 15 is 0 Å². The number of hydrogen-bond acceptors (Lipinski definition) is 5. The molecule has 10 heteroatoms. The number of nitrogens with one attached hydrogen (secondary N) is 1. The van der Waals surface area contributed by atoms with Crippen LogP contribution in [0.3, 0.4) is 0 Å². The van der Waals surface area contributed by atoms with E-state index in [9.17, 15) is 22.4 Å². The Morgan fingerprint density at radius 1 is 1.28 bits per heavy atom. The number of allylic oxidation sites excluding steroid dienone is 1. The number of nitrogens with zero attached hydrogens (tertiary/aromatic N) is 2. The van der Waals surface area contributed by atoms with Gasteiger partial charge in [0, 0.05) is 22.5 Å². The predicted molar refractivity (Wildman–Crippen MR) is 97.8 cm³/mol. The molecule has 0 saturated heterocycles. The molecule has 1 aliphatic heterocycles. The molecule has 1 atom stereocenters. The molecule has 0 saturated carbocycles. The third-order valence-corrected chi connectivity index (χ3v) is 4.32. The van der Waals surface area contributed by atoms with E-state index in [0.29, 0.717) is 5.69 Å². The highest BCUT2D eigenvalue weighted by atomic mass is 35.5. The fourth-order valence-corrected chi connectivity index (χ4v) is 3.02. The number of esters is 1. The summed E-state index contributed by atoms with van der Waals surface area (Å²) in [5.74, 6) is -1.54. The number of alkyl halides is 3. The Balaban J connectivity index is 2.05. The van der Waals surface area contributed by atoms with Crippen molar-refractivity contribution in [2.75, 3.05) is 6.61 Å². The number of carbonyl (C=O) groups is 1. The Labute approximate surface area is 168 Å². The third-order valence-electron chi connectivity index (χ3n) is 3.99. The van der Waals surface area contributed by atoms with Gasteiger partial charge in [0.2, 0.25) is 0 Å². The van der Waals surface area contributed by atoms with Crippen molar-refractivity contribution in [2.45, 2.75) is 19.1 Å². The van der Waals surface area contributed by atoms with Gasteiger partial charge in [0.15, 0.2) is 12.4 Å². The minimum atomic E-state index is -4.68. The van der Waals surface area contributed by atoms with Gasteiger partial charge >= 0.3 is 12.1 Å².